The van der Waals surface area contributed by atoms with Crippen LogP contribution in [0.5, 0.6) is 0 Å². The van der Waals surface area contributed by atoms with Gasteiger partial charge in [0.1, 0.15) is 5.69 Å². The Morgan fingerprint density at radius 2 is 2.14 bits per heavy atom. The van der Waals surface area contributed by atoms with Crippen LogP contribution in [0.25, 0.3) is 0 Å². The van der Waals surface area contributed by atoms with E-state index >= 15 is 0 Å². The molecule has 2 N–H and O–H groups in total. The summed E-state index contributed by atoms with van der Waals surface area (Å²) >= 11 is 0. The molecule has 1 aromatic rings. The lowest BCUT2D eigenvalue weighted by Crippen LogP contribution is -2.11. The summed E-state index contributed by atoms with van der Waals surface area (Å²) in [6.07, 6.45) is -3.20. The Kier molecular flexibility index (Phi) is 3.15. The highest BCUT2D eigenvalue weighted by atomic mass is 19.4. The van der Waals surface area contributed by atoms with Gasteiger partial charge in [0.2, 0.25) is 0 Å². The van der Waals surface area contributed by atoms with Crippen molar-refractivity contribution in [1.29, 1.82) is 0 Å². The lowest BCUT2D eigenvalue weighted by atomic mass is 10.2. The van der Waals surface area contributed by atoms with Crippen LogP contribution in [-0.2, 0) is 19.6 Å². The molecule has 0 bridgehead atoms. The van der Waals surface area contributed by atoms with Gasteiger partial charge in [-0.05, 0) is 25.5 Å². The van der Waals surface area contributed by atoms with Crippen molar-refractivity contribution in [2.24, 2.45) is 12.8 Å². The van der Waals surface area contributed by atoms with Crippen LogP contribution in [0.4, 0.5) is 13.2 Å². The molecule has 80 valence electrons. The largest absolute Gasteiger partial charge is 0.433 e. The number of halogens is 3. The first kappa shape index (κ1) is 11.0. The molecule has 0 fully saturated rings. The van der Waals surface area contributed by atoms with E-state index in [4.69, 9.17) is 5.73 Å². The third-order valence-electron chi connectivity index (χ3n) is 1.86. The highest BCUT2D eigenvalue weighted by Gasteiger charge is 2.34. The molecular weight excluding hydrogens is 195 g/mol. The summed E-state index contributed by atoms with van der Waals surface area (Å²) in [5, 5.41) is 3.76. The Hall–Kier alpha value is -1.04. The molecular formula is C8H12F3N3. The molecule has 0 aliphatic carbocycles. The van der Waals surface area contributed by atoms with Crippen LogP contribution in [-0.4, -0.2) is 16.3 Å². The van der Waals surface area contributed by atoms with Crippen LogP contribution in [0.2, 0.25) is 0 Å². The summed E-state index contributed by atoms with van der Waals surface area (Å²) in [7, 11) is 1.29. The summed E-state index contributed by atoms with van der Waals surface area (Å²) in [5.41, 5.74) is 4.97. The van der Waals surface area contributed by atoms with E-state index in [2.05, 4.69) is 5.10 Å². The maximum absolute atomic E-state index is 12.3. The average Bonchev–Trinajstić information content (AvgIpc) is 2.42. The van der Waals surface area contributed by atoms with Gasteiger partial charge < -0.3 is 5.73 Å². The van der Waals surface area contributed by atoms with Gasteiger partial charge in [0.15, 0.2) is 0 Å². The van der Waals surface area contributed by atoms with Gasteiger partial charge in [0, 0.05) is 7.05 Å². The van der Waals surface area contributed by atoms with Crippen LogP contribution in [0.1, 0.15) is 17.8 Å². The van der Waals surface area contributed by atoms with Crippen LogP contribution in [0.3, 0.4) is 0 Å². The van der Waals surface area contributed by atoms with Crippen molar-refractivity contribution < 1.29 is 13.2 Å². The van der Waals surface area contributed by atoms with Crippen molar-refractivity contribution in [3.63, 3.8) is 0 Å². The number of rotatable bonds is 3. The molecule has 3 nitrogen and oxygen atoms in total. The summed E-state index contributed by atoms with van der Waals surface area (Å²) in [6.45, 7) is 0.456. The van der Waals surface area contributed by atoms with E-state index in [0.29, 0.717) is 25.1 Å². The van der Waals surface area contributed by atoms with Crippen LogP contribution in [0, 0.1) is 0 Å². The van der Waals surface area contributed by atoms with Gasteiger partial charge in [-0.25, -0.2) is 0 Å². The number of hydrogen-bond donors (Lipinski definition) is 1. The standard InChI is InChI=1S/C8H12F3N3/c1-14-7(8(9,10)11)5-6(13-14)3-2-4-12/h5H,2-4,12H2,1H3. The molecule has 0 aliphatic heterocycles. The number of aryl methyl sites for hydroxylation is 2. The van der Waals surface area contributed by atoms with Gasteiger partial charge in [-0.2, -0.15) is 18.3 Å². The topological polar surface area (TPSA) is 43.8 Å². The molecule has 1 aromatic heterocycles. The van der Waals surface area contributed by atoms with Crippen molar-refractivity contribution >= 4 is 0 Å². The molecule has 0 aromatic carbocycles. The Labute approximate surface area is 79.7 Å². The van der Waals surface area contributed by atoms with Crippen molar-refractivity contribution in [1.82, 2.24) is 9.78 Å². The lowest BCUT2D eigenvalue weighted by molar-refractivity contribution is -0.143. The van der Waals surface area contributed by atoms with Gasteiger partial charge >= 0.3 is 6.18 Å². The first-order chi connectivity index (χ1) is 6.45. The van der Waals surface area contributed by atoms with E-state index in [1.165, 1.54) is 7.05 Å². The van der Waals surface area contributed by atoms with E-state index in [0.717, 1.165) is 10.7 Å². The van der Waals surface area contributed by atoms with E-state index in [1.807, 2.05) is 0 Å². The molecule has 0 aliphatic rings. The maximum Gasteiger partial charge on any atom is 0.433 e. The second-order valence-electron chi connectivity index (χ2n) is 3.03. The molecule has 0 spiro atoms. The fourth-order valence-electron chi connectivity index (χ4n) is 1.20. The molecule has 1 heterocycles. The van der Waals surface area contributed by atoms with E-state index in [1.54, 1.807) is 0 Å². The average molecular weight is 207 g/mol. The molecule has 0 amide bonds. The third-order valence-corrected chi connectivity index (χ3v) is 1.86. The zero-order valence-electron chi connectivity index (χ0n) is 7.80. The monoisotopic (exact) mass is 207 g/mol. The Morgan fingerprint density at radius 3 is 2.57 bits per heavy atom. The predicted octanol–water partition coefficient (Wildman–Crippen LogP) is 1.33. The second kappa shape index (κ2) is 4.00. The van der Waals surface area contributed by atoms with Crippen molar-refractivity contribution in [3.8, 4) is 0 Å². The highest BCUT2D eigenvalue weighted by Crippen LogP contribution is 2.29. The third kappa shape index (κ3) is 2.47. The van der Waals surface area contributed by atoms with E-state index in [-0.39, 0.29) is 0 Å². The molecule has 0 saturated heterocycles. The van der Waals surface area contributed by atoms with E-state index < -0.39 is 11.9 Å². The quantitative estimate of drug-likeness (QED) is 0.812. The predicted molar refractivity (Wildman–Crippen MR) is 45.6 cm³/mol. The van der Waals surface area contributed by atoms with Gasteiger partial charge in [0.25, 0.3) is 0 Å². The zero-order valence-corrected chi connectivity index (χ0v) is 7.80. The SMILES string of the molecule is Cn1nc(CCCN)cc1C(F)(F)F. The van der Waals surface area contributed by atoms with Crippen LogP contribution < -0.4 is 5.73 Å². The number of aromatic nitrogens is 2. The van der Waals surface area contributed by atoms with Gasteiger partial charge in [-0.3, -0.25) is 4.68 Å². The molecule has 0 atom stereocenters. The number of hydrogen-bond acceptors (Lipinski definition) is 2. The van der Waals surface area contributed by atoms with Gasteiger partial charge in [0.05, 0.1) is 5.69 Å². The smallest absolute Gasteiger partial charge is 0.330 e. The summed E-state index contributed by atoms with van der Waals surface area (Å²) in [6, 6.07) is 1.07. The minimum Gasteiger partial charge on any atom is -0.330 e. The Bertz CT molecular complexity index is 303. The molecule has 0 radical (unpaired) electrons. The Morgan fingerprint density at radius 1 is 1.50 bits per heavy atom. The van der Waals surface area contributed by atoms with Gasteiger partial charge in [-0.15, -0.1) is 0 Å². The molecule has 0 saturated carbocycles. The number of alkyl halides is 3. The Balaban J connectivity index is 2.83. The first-order valence-electron chi connectivity index (χ1n) is 4.25. The minimum absolute atomic E-state index is 0.435. The van der Waals surface area contributed by atoms with Crippen LogP contribution in [0.15, 0.2) is 6.07 Å². The van der Waals surface area contributed by atoms with Crippen molar-refractivity contribution in [3.05, 3.63) is 17.5 Å². The molecule has 0 unspecified atom stereocenters. The second-order valence-corrected chi connectivity index (χ2v) is 3.03. The minimum atomic E-state index is -4.33. The summed E-state index contributed by atoms with van der Waals surface area (Å²) < 4.78 is 37.7. The normalized spacial score (nSPS) is 12.1. The van der Waals surface area contributed by atoms with Crippen LogP contribution >= 0.6 is 0 Å². The first-order valence-corrected chi connectivity index (χ1v) is 4.25. The summed E-state index contributed by atoms with van der Waals surface area (Å²) in [5.74, 6) is 0. The molecule has 6 heteroatoms. The number of nitrogens with zero attached hydrogens (tertiary/aromatic N) is 2. The molecule has 1 rings (SSSR count). The maximum atomic E-state index is 12.3. The number of nitrogens with two attached hydrogens (primary N) is 1. The fourth-order valence-corrected chi connectivity index (χ4v) is 1.20. The van der Waals surface area contributed by atoms with E-state index in [9.17, 15) is 13.2 Å². The zero-order chi connectivity index (χ0) is 10.8. The highest BCUT2D eigenvalue weighted by molar-refractivity contribution is 5.13. The van der Waals surface area contributed by atoms with Crippen molar-refractivity contribution in [2.75, 3.05) is 6.54 Å². The van der Waals surface area contributed by atoms with Crippen molar-refractivity contribution in [2.45, 2.75) is 19.0 Å². The van der Waals surface area contributed by atoms with Gasteiger partial charge in [-0.1, -0.05) is 0 Å². The lowest BCUT2D eigenvalue weighted by Gasteiger charge is -2.04. The summed E-state index contributed by atoms with van der Waals surface area (Å²) in [4.78, 5) is 0. The fraction of sp³-hybridized carbons (Fsp3) is 0.625. The molecule has 14 heavy (non-hydrogen) atoms.